The fourth-order valence-corrected chi connectivity index (χ4v) is 0.314. The third-order valence-electron chi connectivity index (χ3n) is 0.732. The van der Waals surface area contributed by atoms with Gasteiger partial charge in [-0.1, -0.05) is 20.4 Å². The molecule has 11 heavy (non-hydrogen) atoms. The minimum Gasteiger partial charge on any atom is -0.382 e. The maximum atomic E-state index is 11.5. The molecule has 0 fully saturated rings. The molecule has 0 rings (SSSR count). The quantitative estimate of drug-likeness (QED) is 0.670. The van der Waals surface area contributed by atoms with Gasteiger partial charge in [0.1, 0.15) is 5.70 Å². The van der Waals surface area contributed by atoms with E-state index in [4.69, 9.17) is 0 Å². The van der Waals surface area contributed by atoms with Gasteiger partial charge in [-0.25, -0.2) is 0 Å². The van der Waals surface area contributed by atoms with Crippen LogP contribution < -0.4 is 5.32 Å². The van der Waals surface area contributed by atoms with Crippen LogP contribution in [-0.4, -0.2) is 12.7 Å². The molecule has 0 saturated carbocycles. The standard InChI is InChI=1S/C5H8F3N.C2H6/c1-3-9-4(2)5(6,7)8;1-2/h9H,2-3H2,1H3;1-2H3. The zero-order valence-electron chi connectivity index (χ0n) is 7.05. The van der Waals surface area contributed by atoms with Crippen LogP contribution in [0.25, 0.3) is 0 Å². The summed E-state index contributed by atoms with van der Waals surface area (Å²) in [5.74, 6) is 0. The lowest BCUT2D eigenvalue weighted by Gasteiger charge is -2.09. The molecule has 4 heteroatoms. The van der Waals surface area contributed by atoms with Crippen molar-refractivity contribution in [3.05, 3.63) is 12.3 Å². The van der Waals surface area contributed by atoms with Gasteiger partial charge < -0.3 is 5.32 Å². The molecule has 0 aromatic rings. The molecule has 0 radical (unpaired) electrons. The van der Waals surface area contributed by atoms with Gasteiger partial charge in [-0.3, -0.25) is 0 Å². The monoisotopic (exact) mass is 169 g/mol. The van der Waals surface area contributed by atoms with Gasteiger partial charge in [0, 0.05) is 6.54 Å². The van der Waals surface area contributed by atoms with Crippen LogP contribution >= 0.6 is 0 Å². The summed E-state index contributed by atoms with van der Waals surface area (Å²) in [4.78, 5) is 0. The van der Waals surface area contributed by atoms with Crippen LogP contribution in [0.3, 0.4) is 0 Å². The lowest BCUT2D eigenvalue weighted by Crippen LogP contribution is -2.24. The van der Waals surface area contributed by atoms with Crippen LogP contribution in [0, 0.1) is 0 Å². The van der Waals surface area contributed by atoms with Crippen LogP contribution in [-0.2, 0) is 0 Å². The molecule has 0 aromatic carbocycles. The molecule has 1 N–H and O–H groups in total. The topological polar surface area (TPSA) is 12.0 Å². The van der Waals surface area contributed by atoms with Crippen molar-refractivity contribution in [1.82, 2.24) is 5.32 Å². The predicted octanol–water partition coefficient (Wildman–Crippen LogP) is 2.70. The Balaban J connectivity index is 0. The molecule has 0 bridgehead atoms. The minimum absolute atomic E-state index is 0.248. The van der Waals surface area contributed by atoms with E-state index in [0.717, 1.165) is 0 Å². The van der Waals surface area contributed by atoms with Crippen LogP contribution in [0.15, 0.2) is 12.3 Å². The van der Waals surface area contributed by atoms with Crippen molar-refractivity contribution in [1.29, 1.82) is 0 Å². The molecule has 0 aliphatic carbocycles. The fourth-order valence-electron chi connectivity index (χ4n) is 0.314. The highest BCUT2D eigenvalue weighted by atomic mass is 19.4. The smallest absolute Gasteiger partial charge is 0.382 e. The Morgan fingerprint density at radius 2 is 1.73 bits per heavy atom. The Hall–Kier alpha value is -0.670. The Morgan fingerprint density at radius 1 is 1.36 bits per heavy atom. The first kappa shape index (κ1) is 13.0. The Bertz CT molecular complexity index is 107. The van der Waals surface area contributed by atoms with E-state index in [1.54, 1.807) is 6.92 Å². The van der Waals surface area contributed by atoms with Crippen molar-refractivity contribution in [2.45, 2.75) is 26.9 Å². The molecule has 0 aliphatic rings. The average Bonchev–Trinajstić information content (AvgIpc) is 1.91. The Kier molecular flexibility index (Phi) is 7.15. The van der Waals surface area contributed by atoms with E-state index in [1.807, 2.05) is 13.8 Å². The number of rotatable bonds is 2. The third kappa shape index (κ3) is 7.22. The number of halogens is 3. The van der Waals surface area contributed by atoms with Gasteiger partial charge in [0.25, 0.3) is 0 Å². The Labute approximate surface area is 65.3 Å². The van der Waals surface area contributed by atoms with Crippen LogP contribution in [0.1, 0.15) is 20.8 Å². The molecule has 0 aliphatic heterocycles. The summed E-state index contributed by atoms with van der Waals surface area (Å²) in [6.07, 6.45) is -4.30. The summed E-state index contributed by atoms with van der Waals surface area (Å²) < 4.78 is 34.4. The van der Waals surface area contributed by atoms with Gasteiger partial charge >= 0.3 is 6.18 Å². The maximum Gasteiger partial charge on any atom is 0.430 e. The lowest BCUT2D eigenvalue weighted by molar-refractivity contribution is -0.0961. The summed E-state index contributed by atoms with van der Waals surface area (Å²) in [7, 11) is 0. The summed E-state index contributed by atoms with van der Waals surface area (Å²) >= 11 is 0. The van der Waals surface area contributed by atoms with Gasteiger partial charge in [0.05, 0.1) is 0 Å². The van der Waals surface area contributed by atoms with Crippen molar-refractivity contribution in [2.24, 2.45) is 0 Å². The summed E-state index contributed by atoms with van der Waals surface area (Å²) in [5, 5.41) is 2.07. The Morgan fingerprint density at radius 3 is 1.82 bits per heavy atom. The molecular weight excluding hydrogens is 155 g/mol. The van der Waals surface area contributed by atoms with Gasteiger partial charge in [0.15, 0.2) is 0 Å². The second-order valence-electron chi connectivity index (χ2n) is 1.51. The molecule has 0 amide bonds. The van der Waals surface area contributed by atoms with Gasteiger partial charge in [-0.05, 0) is 6.92 Å². The van der Waals surface area contributed by atoms with E-state index in [1.165, 1.54) is 0 Å². The van der Waals surface area contributed by atoms with Crippen LogP contribution in [0.2, 0.25) is 0 Å². The highest BCUT2D eigenvalue weighted by Gasteiger charge is 2.31. The van der Waals surface area contributed by atoms with Crippen molar-refractivity contribution >= 4 is 0 Å². The van der Waals surface area contributed by atoms with E-state index in [2.05, 4.69) is 11.9 Å². The lowest BCUT2D eigenvalue weighted by atomic mass is 10.5. The average molecular weight is 169 g/mol. The van der Waals surface area contributed by atoms with E-state index < -0.39 is 11.9 Å². The van der Waals surface area contributed by atoms with Gasteiger partial charge in [-0.15, -0.1) is 0 Å². The van der Waals surface area contributed by atoms with Gasteiger partial charge in [0.2, 0.25) is 0 Å². The summed E-state index contributed by atoms with van der Waals surface area (Å²) in [6.45, 7) is 8.61. The van der Waals surface area contributed by atoms with Crippen molar-refractivity contribution in [3.8, 4) is 0 Å². The fraction of sp³-hybridized carbons (Fsp3) is 0.714. The summed E-state index contributed by atoms with van der Waals surface area (Å²) in [6, 6.07) is 0. The first-order valence-electron chi connectivity index (χ1n) is 3.48. The SMILES string of the molecule is C=C(NCC)C(F)(F)F.CC. The second-order valence-corrected chi connectivity index (χ2v) is 1.51. The van der Waals surface area contributed by atoms with E-state index in [-0.39, 0.29) is 6.54 Å². The molecule has 0 unspecified atom stereocenters. The zero-order valence-corrected chi connectivity index (χ0v) is 7.05. The molecule has 68 valence electrons. The number of hydrogen-bond donors (Lipinski definition) is 1. The zero-order chi connectivity index (χ0) is 9.49. The van der Waals surface area contributed by atoms with E-state index >= 15 is 0 Å². The second kappa shape index (κ2) is 6.07. The normalized spacial score (nSPS) is 9.64. The highest BCUT2D eigenvalue weighted by Crippen LogP contribution is 2.21. The predicted molar refractivity (Wildman–Crippen MR) is 40.2 cm³/mol. The molecule has 0 spiro atoms. The first-order chi connectivity index (χ1) is 4.98. The summed E-state index contributed by atoms with van der Waals surface area (Å²) in [5.41, 5.74) is -0.884. The minimum atomic E-state index is -4.30. The molecule has 0 atom stereocenters. The van der Waals surface area contributed by atoms with Gasteiger partial charge in [-0.2, -0.15) is 13.2 Å². The van der Waals surface area contributed by atoms with E-state index in [0.29, 0.717) is 0 Å². The first-order valence-corrected chi connectivity index (χ1v) is 3.48. The molecular formula is C7H14F3N. The number of allylic oxidation sites excluding steroid dienone is 1. The third-order valence-corrected chi connectivity index (χ3v) is 0.732. The van der Waals surface area contributed by atoms with Crippen molar-refractivity contribution < 1.29 is 13.2 Å². The molecule has 0 saturated heterocycles. The van der Waals surface area contributed by atoms with Crippen molar-refractivity contribution in [2.75, 3.05) is 6.54 Å². The van der Waals surface area contributed by atoms with Crippen molar-refractivity contribution in [3.63, 3.8) is 0 Å². The largest absolute Gasteiger partial charge is 0.430 e. The highest BCUT2D eigenvalue weighted by molar-refractivity contribution is 4.98. The number of hydrogen-bond acceptors (Lipinski definition) is 1. The van der Waals surface area contributed by atoms with Crippen LogP contribution in [0.4, 0.5) is 13.2 Å². The maximum absolute atomic E-state index is 11.5. The van der Waals surface area contributed by atoms with Crippen LogP contribution in [0.5, 0.6) is 0 Å². The molecule has 0 heterocycles. The number of alkyl halides is 3. The number of nitrogens with one attached hydrogen (secondary N) is 1. The van der Waals surface area contributed by atoms with E-state index in [9.17, 15) is 13.2 Å². The molecule has 0 aromatic heterocycles. The molecule has 1 nitrogen and oxygen atoms in total.